The van der Waals surface area contributed by atoms with Gasteiger partial charge in [-0.15, -0.1) is 0 Å². The van der Waals surface area contributed by atoms with Crippen molar-refractivity contribution in [1.82, 2.24) is 19.7 Å². The van der Waals surface area contributed by atoms with Gasteiger partial charge in [-0.25, -0.2) is 22.5 Å². The van der Waals surface area contributed by atoms with Crippen molar-refractivity contribution in [3.8, 4) is 11.9 Å². The molecule has 12 nitrogen and oxygen atoms in total. The van der Waals surface area contributed by atoms with Crippen molar-refractivity contribution in [2.24, 2.45) is 0 Å². The molecule has 3 heterocycles. The van der Waals surface area contributed by atoms with Crippen molar-refractivity contribution >= 4 is 55.3 Å². The lowest BCUT2D eigenvalue weighted by atomic mass is 9.74. The van der Waals surface area contributed by atoms with Crippen molar-refractivity contribution in [3.05, 3.63) is 51.5 Å². The Morgan fingerprint density at radius 2 is 1.84 bits per heavy atom. The summed E-state index contributed by atoms with van der Waals surface area (Å²) >= 11 is 9.35. The first-order valence-corrected chi connectivity index (χ1v) is 17.9. The maximum atomic E-state index is 15.6. The second-order valence-corrected chi connectivity index (χ2v) is 16.8. The summed E-state index contributed by atoms with van der Waals surface area (Å²) in [7, 11) is -4.49. The molecule has 2 aliphatic heterocycles. The fourth-order valence-corrected chi connectivity index (χ4v) is 8.46. The lowest BCUT2D eigenvalue weighted by Crippen LogP contribution is -2.69. The Bertz CT molecular complexity index is 1860. The van der Waals surface area contributed by atoms with Gasteiger partial charge < -0.3 is 19.3 Å². The molecule has 1 aliphatic carbocycles. The van der Waals surface area contributed by atoms with E-state index in [1.165, 1.54) is 6.20 Å². The van der Waals surface area contributed by atoms with Crippen molar-refractivity contribution in [1.29, 1.82) is 5.26 Å². The molecule has 3 aliphatic rings. The quantitative estimate of drug-likeness (QED) is 0.205. The highest BCUT2D eigenvalue weighted by atomic mass is 79.9. The molecule has 3 fully saturated rings. The smallest absolute Gasteiger partial charge is 0.422 e. The monoisotopic (exact) mass is 807 g/mol. The molecule has 50 heavy (non-hydrogen) atoms. The SMILES string of the molecule is CC(C)(C)OC(=O)N1CC(C(=O)N2C[C@H](S(=O)(=O)c3ccc(OCC(F)(F)F)cc3Cl)C[C@H]2C(=O)N(C#N)C2CC2)(c2ncc(Br)cc2F)C1. The molecule has 1 saturated carbocycles. The van der Waals surface area contributed by atoms with Gasteiger partial charge in [-0.2, -0.15) is 18.4 Å². The second kappa shape index (κ2) is 13.5. The van der Waals surface area contributed by atoms with Gasteiger partial charge in [-0.05, 0) is 74.2 Å². The first kappa shape index (κ1) is 37.6. The van der Waals surface area contributed by atoms with E-state index in [1.807, 2.05) is 6.19 Å². The maximum Gasteiger partial charge on any atom is 0.422 e. The fourth-order valence-electron chi connectivity index (χ4n) is 5.92. The molecule has 0 radical (unpaired) electrons. The molecule has 0 bridgehead atoms. The summed E-state index contributed by atoms with van der Waals surface area (Å²) in [6.45, 7) is 1.82. The Kier molecular flexibility index (Phi) is 10.1. The van der Waals surface area contributed by atoms with Crippen LogP contribution in [0, 0.1) is 17.3 Å². The molecular formula is C31H31BrClF4N5O7S. The van der Waals surface area contributed by atoms with Gasteiger partial charge in [0.25, 0.3) is 5.91 Å². The van der Waals surface area contributed by atoms with E-state index in [4.69, 9.17) is 16.3 Å². The Morgan fingerprint density at radius 3 is 2.38 bits per heavy atom. The lowest BCUT2D eigenvalue weighted by molar-refractivity contribution is -0.153. The number of nitriles is 1. The van der Waals surface area contributed by atoms with Gasteiger partial charge >= 0.3 is 12.3 Å². The van der Waals surface area contributed by atoms with E-state index in [1.54, 1.807) is 20.8 Å². The van der Waals surface area contributed by atoms with Crippen molar-refractivity contribution in [2.75, 3.05) is 26.2 Å². The summed E-state index contributed by atoms with van der Waals surface area (Å²) in [5, 5.41) is 7.87. The standard InChI is InChI=1S/C31H31BrClF4N5O7S/c1-29(2,3)49-28(45)40-13-30(14-40,25-22(34)8-17(32)11-39-25)27(44)41-12-20(10-23(41)26(43)42(16-38)18-4-5-18)50(46,47)24-7-6-19(9-21(24)33)48-15-31(35,36)37/h6-9,11,18,20,23H,4-5,10,12-15H2,1-3H3/t20-,23+/m1/s1. The molecule has 1 aromatic carbocycles. The van der Waals surface area contributed by atoms with Crippen LogP contribution in [-0.2, 0) is 29.6 Å². The van der Waals surface area contributed by atoms with E-state index in [2.05, 4.69) is 25.7 Å². The predicted molar refractivity (Wildman–Crippen MR) is 171 cm³/mol. The van der Waals surface area contributed by atoms with Crippen LogP contribution in [0.3, 0.4) is 0 Å². The van der Waals surface area contributed by atoms with Gasteiger partial charge in [-0.1, -0.05) is 11.6 Å². The third-order valence-corrected chi connectivity index (χ3v) is 11.4. The Balaban J connectivity index is 1.51. The molecule has 2 aromatic rings. The van der Waals surface area contributed by atoms with Crippen LogP contribution in [0.5, 0.6) is 5.75 Å². The highest BCUT2D eigenvalue weighted by molar-refractivity contribution is 9.10. The first-order chi connectivity index (χ1) is 23.2. The van der Waals surface area contributed by atoms with Crippen molar-refractivity contribution in [3.63, 3.8) is 0 Å². The number of halogens is 6. The van der Waals surface area contributed by atoms with Crippen LogP contribution < -0.4 is 4.74 Å². The molecule has 0 spiro atoms. The number of amides is 3. The molecule has 19 heteroatoms. The zero-order chi connectivity index (χ0) is 37.0. The number of alkyl halides is 3. The summed E-state index contributed by atoms with van der Waals surface area (Å²) in [5.74, 6) is -3.00. The van der Waals surface area contributed by atoms with Crippen molar-refractivity contribution < 1.29 is 49.8 Å². The van der Waals surface area contributed by atoms with Crippen LogP contribution in [0.25, 0.3) is 0 Å². The molecule has 270 valence electrons. The normalized spacial score (nSPS) is 20.5. The van der Waals surface area contributed by atoms with Gasteiger partial charge in [0.2, 0.25) is 5.91 Å². The molecule has 5 rings (SSSR count). The summed E-state index contributed by atoms with van der Waals surface area (Å²) in [5.41, 5.74) is -3.12. The van der Waals surface area contributed by atoms with Crippen LogP contribution in [-0.4, -0.2) is 101 Å². The van der Waals surface area contributed by atoms with Gasteiger partial charge in [-0.3, -0.25) is 14.6 Å². The Morgan fingerprint density at radius 1 is 1.18 bits per heavy atom. The van der Waals surface area contributed by atoms with Crippen molar-refractivity contribution in [2.45, 2.75) is 79.5 Å². The lowest BCUT2D eigenvalue weighted by Gasteiger charge is -2.49. The number of rotatable bonds is 8. The van der Waals surface area contributed by atoms with Gasteiger partial charge in [0.05, 0.1) is 20.9 Å². The van der Waals surface area contributed by atoms with E-state index in [0.717, 1.165) is 39.0 Å². The Labute approximate surface area is 298 Å². The average Bonchev–Trinajstić information content (AvgIpc) is 3.70. The summed E-state index contributed by atoms with van der Waals surface area (Å²) in [6.07, 6.45) is -1.84. The van der Waals surface area contributed by atoms with Crippen LogP contribution in [0.15, 0.2) is 39.8 Å². The summed E-state index contributed by atoms with van der Waals surface area (Å²) in [4.78, 5) is 48.1. The zero-order valence-corrected chi connectivity index (χ0v) is 30.0. The van der Waals surface area contributed by atoms with E-state index in [-0.39, 0.29) is 15.9 Å². The first-order valence-electron chi connectivity index (χ1n) is 15.2. The van der Waals surface area contributed by atoms with Crippen LogP contribution in [0.2, 0.25) is 5.02 Å². The number of sulfone groups is 1. The summed E-state index contributed by atoms with van der Waals surface area (Å²) in [6, 6.07) is 1.99. The Hall–Kier alpha value is -3.69. The number of aromatic nitrogens is 1. The number of ether oxygens (including phenoxy) is 2. The van der Waals surface area contributed by atoms with Crippen LogP contribution >= 0.6 is 27.5 Å². The number of hydrogen-bond donors (Lipinski definition) is 0. The van der Waals surface area contributed by atoms with Crippen LogP contribution in [0.4, 0.5) is 22.4 Å². The second-order valence-electron chi connectivity index (χ2n) is 13.3. The molecule has 3 amide bonds. The highest BCUT2D eigenvalue weighted by Crippen LogP contribution is 2.42. The fraction of sp³-hybridized carbons (Fsp3) is 0.516. The largest absolute Gasteiger partial charge is 0.484 e. The van der Waals surface area contributed by atoms with E-state index in [0.29, 0.717) is 12.8 Å². The number of carbonyl (C=O) groups excluding carboxylic acids is 3. The minimum atomic E-state index is -4.66. The number of benzene rings is 1. The molecular weight excluding hydrogens is 778 g/mol. The third kappa shape index (κ3) is 7.64. The van der Waals surface area contributed by atoms with Gasteiger partial charge in [0.15, 0.2) is 22.6 Å². The molecule has 2 atom stereocenters. The predicted octanol–water partition coefficient (Wildman–Crippen LogP) is 4.98. The van der Waals surface area contributed by atoms with E-state index in [9.17, 15) is 41.2 Å². The molecule has 0 N–H and O–H groups in total. The van der Waals surface area contributed by atoms with E-state index >= 15 is 4.39 Å². The number of pyridine rings is 1. The van der Waals surface area contributed by atoms with E-state index < -0.39 is 111 Å². The number of hydrogen-bond acceptors (Lipinski definition) is 9. The van der Waals surface area contributed by atoms with Crippen LogP contribution in [0.1, 0.15) is 45.7 Å². The van der Waals surface area contributed by atoms with Gasteiger partial charge in [0.1, 0.15) is 28.6 Å². The molecule has 2 saturated heterocycles. The third-order valence-electron chi connectivity index (χ3n) is 8.36. The minimum Gasteiger partial charge on any atom is -0.484 e. The topological polar surface area (TPSA) is 150 Å². The number of nitrogens with zero attached hydrogens (tertiary/aromatic N) is 5. The summed E-state index contributed by atoms with van der Waals surface area (Å²) < 4.78 is 91.8. The molecule has 0 unspecified atom stereocenters. The zero-order valence-electron chi connectivity index (χ0n) is 26.8. The number of likely N-dealkylation sites (tertiary alicyclic amines) is 2. The average molecular weight is 809 g/mol. The maximum absolute atomic E-state index is 15.6. The number of carbonyl (C=O) groups is 3. The minimum absolute atomic E-state index is 0.255. The molecule has 1 aromatic heterocycles. The highest BCUT2D eigenvalue weighted by Gasteiger charge is 2.60. The van der Waals surface area contributed by atoms with Gasteiger partial charge in [0, 0.05) is 42.4 Å².